The highest BCUT2D eigenvalue weighted by atomic mass is 19.3. The lowest BCUT2D eigenvalue weighted by Gasteiger charge is -2.06. The molecule has 84 valence electrons. The van der Waals surface area contributed by atoms with Crippen LogP contribution in [0.1, 0.15) is 23.4 Å². The lowest BCUT2D eigenvalue weighted by atomic mass is 10.1. The zero-order valence-corrected chi connectivity index (χ0v) is 7.85. The van der Waals surface area contributed by atoms with Crippen LogP contribution in [0.5, 0.6) is 0 Å². The summed E-state index contributed by atoms with van der Waals surface area (Å²) in [6.45, 7) is -0.306. The molecule has 0 aliphatic heterocycles. The summed E-state index contributed by atoms with van der Waals surface area (Å²) in [6, 6.07) is 2.25. The average Bonchev–Trinajstić information content (AvgIpc) is 2.26. The molecule has 0 atom stereocenters. The largest absolute Gasteiger partial charge is 0.326 e. The molecular formula is C8H6F2N4O2. The van der Waals surface area contributed by atoms with Crippen molar-refractivity contribution in [3.8, 4) is 6.07 Å². The van der Waals surface area contributed by atoms with E-state index in [0.29, 0.717) is 0 Å². The van der Waals surface area contributed by atoms with Crippen molar-refractivity contribution >= 4 is 5.69 Å². The molecule has 1 heterocycles. The van der Waals surface area contributed by atoms with Gasteiger partial charge in [-0.1, -0.05) is 0 Å². The van der Waals surface area contributed by atoms with Gasteiger partial charge in [-0.3, -0.25) is 10.1 Å². The fraction of sp³-hybridized carbons (Fsp3) is 0.250. The Hall–Kier alpha value is -2.14. The van der Waals surface area contributed by atoms with Gasteiger partial charge in [0.1, 0.15) is 11.8 Å². The molecule has 0 saturated heterocycles. The van der Waals surface area contributed by atoms with Crippen molar-refractivity contribution in [2.75, 3.05) is 0 Å². The van der Waals surface area contributed by atoms with Crippen molar-refractivity contribution in [3.63, 3.8) is 0 Å². The van der Waals surface area contributed by atoms with Gasteiger partial charge in [0, 0.05) is 12.6 Å². The first kappa shape index (κ1) is 11.9. The summed E-state index contributed by atoms with van der Waals surface area (Å²) in [6.07, 6.45) is -2.92. The molecule has 1 rings (SSSR count). The van der Waals surface area contributed by atoms with E-state index in [9.17, 15) is 18.9 Å². The maximum atomic E-state index is 12.5. The number of rotatable bonds is 3. The maximum absolute atomic E-state index is 12.5. The Morgan fingerprint density at radius 2 is 2.31 bits per heavy atom. The van der Waals surface area contributed by atoms with Crippen LogP contribution in [-0.2, 0) is 6.54 Å². The first-order chi connectivity index (χ1) is 7.51. The molecule has 0 aliphatic rings. The van der Waals surface area contributed by atoms with Crippen LogP contribution in [0, 0.1) is 21.4 Å². The number of nitrogens with zero attached hydrogens (tertiary/aromatic N) is 3. The molecule has 1 aromatic heterocycles. The molecule has 0 saturated carbocycles. The third-order valence-electron chi connectivity index (χ3n) is 1.84. The molecule has 0 fully saturated rings. The Morgan fingerprint density at radius 1 is 1.69 bits per heavy atom. The van der Waals surface area contributed by atoms with Gasteiger partial charge in [0.2, 0.25) is 5.69 Å². The van der Waals surface area contributed by atoms with Crippen LogP contribution >= 0.6 is 0 Å². The van der Waals surface area contributed by atoms with E-state index in [0.717, 1.165) is 6.07 Å². The number of pyridine rings is 1. The number of nitrogens with two attached hydrogens (primary N) is 1. The normalized spacial score (nSPS) is 10.2. The monoisotopic (exact) mass is 228 g/mol. The second-order valence-corrected chi connectivity index (χ2v) is 2.77. The molecular weight excluding hydrogens is 222 g/mol. The van der Waals surface area contributed by atoms with Gasteiger partial charge in [-0.25, -0.2) is 13.8 Å². The summed E-state index contributed by atoms with van der Waals surface area (Å²) in [5, 5.41) is 19.1. The molecule has 0 unspecified atom stereocenters. The highest BCUT2D eigenvalue weighted by Crippen LogP contribution is 2.26. The van der Waals surface area contributed by atoms with Crippen LogP contribution in [0.3, 0.4) is 0 Å². The summed E-state index contributed by atoms with van der Waals surface area (Å²) >= 11 is 0. The van der Waals surface area contributed by atoms with Crippen molar-refractivity contribution in [1.82, 2.24) is 4.98 Å². The minimum Gasteiger partial charge on any atom is -0.326 e. The molecule has 0 aliphatic carbocycles. The van der Waals surface area contributed by atoms with E-state index in [1.807, 2.05) is 0 Å². The summed E-state index contributed by atoms with van der Waals surface area (Å²) in [7, 11) is 0. The number of nitriles is 1. The van der Waals surface area contributed by atoms with Gasteiger partial charge in [-0.15, -0.1) is 0 Å². The lowest BCUT2D eigenvalue weighted by Crippen LogP contribution is -2.08. The number of hydrogen-bond donors (Lipinski definition) is 1. The molecule has 6 nitrogen and oxygen atoms in total. The number of alkyl halides is 2. The Labute approximate surface area is 88.5 Å². The van der Waals surface area contributed by atoms with Gasteiger partial charge < -0.3 is 5.73 Å². The summed E-state index contributed by atoms with van der Waals surface area (Å²) in [5.41, 5.74) is 3.08. The molecule has 2 N–H and O–H groups in total. The van der Waals surface area contributed by atoms with E-state index in [-0.39, 0.29) is 12.1 Å². The van der Waals surface area contributed by atoms with Gasteiger partial charge in [0.05, 0.1) is 4.92 Å². The van der Waals surface area contributed by atoms with Crippen LogP contribution in [0.2, 0.25) is 0 Å². The quantitative estimate of drug-likeness (QED) is 0.619. The summed E-state index contributed by atoms with van der Waals surface area (Å²) in [4.78, 5) is 12.9. The smallest absolute Gasteiger partial charge is 0.305 e. The predicted molar refractivity (Wildman–Crippen MR) is 48.5 cm³/mol. The molecule has 0 spiro atoms. The van der Waals surface area contributed by atoms with Crippen molar-refractivity contribution < 1.29 is 13.7 Å². The van der Waals surface area contributed by atoms with E-state index in [1.54, 1.807) is 0 Å². The first-order valence-corrected chi connectivity index (χ1v) is 4.07. The molecule has 0 radical (unpaired) electrons. The second kappa shape index (κ2) is 4.59. The fourth-order valence-corrected chi connectivity index (χ4v) is 1.13. The lowest BCUT2D eigenvalue weighted by molar-refractivity contribution is -0.385. The molecule has 0 bridgehead atoms. The zero-order valence-electron chi connectivity index (χ0n) is 7.85. The van der Waals surface area contributed by atoms with Gasteiger partial charge in [0.15, 0.2) is 0 Å². The van der Waals surface area contributed by atoms with Crippen molar-refractivity contribution in [2.24, 2.45) is 5.73 Å². The molecule has 0 aromatic carbocycles. The SMILES string of the molecule is N#Cc1nc(C(F)F)c(CN)cc1[N+](=O)[O-]. The third-order valence-corrected chi connectivity index (χ3v) is 1.84. The maximum Gasteiger partial charge on any atom is 0.305 e. The van der Waals surface area contributed by atoms with Crippen LogP contribution < -0.4 is 5.73 Å². The highest BCUT2D eigenvalue weighted by Gasteiger charge is 2.23. The number of aromatic nitrogens is 1. The molecule has 1 aromatic rings. The Kier molecular flexibility index (Phi) is 3.42. The second-order valence-electron chi connectivity index (χ2n) is 2.77. The van der Waals surface area contributed by atoms with Gasteiger partial charge in [-0.2, -0.15) is 5.26 Å². The number of halogens is 2. The number of hydrogen-bond acceptors (Lipinski definition) is 5. The van der Waals surface area contributed by atoms with E-state index in [4.69, 9.17) is 11.0 Å². The predicted octanol–water partition coefficient (Wildman–Crippen LogP) is 1.26. The average molecular weight is 228 g/mol. The van der Waals surface area contributed by atoms with Crippen LogP contribution in [0.4, 0.5) is 14.5 Å². The minimum absolute atomic E-state index is 0.138. The van der Waals surface area contributed by atoms with Crippen molar-refractivity contribution in [2.45, 2.75) is 13.0 Å². The minimum atomic E-state index is -2.92. The van der Waals surface area contributed by atoms with Crippen molar-refractivity contribution in [1.29, 1.82) is 5.26 Å². The number of nitro groups is 1. The topological polar surface area (TPSA) is 106 Å². The van der Waals surface area contributed by atoms with E-state index >= 15 is 0 Å². The van der Waals surface area contributed by atoms with Gasteiger partial charge >= 0.3 is 5.69 Å². The van der Waals surface area contributed by atoms with Gasteiger partial charge in [0.25, 0.3) is 6.43 Å². The van der Waals surface area contributed by atoms with E-state index in [2.05, 4.69) is 4.98 Å². The summed E-state index contributed by atoms with van der Waals surface area (Å²) < 4.78 is 24.9. The Morgan fingerprint density at radius 3 is 2.69 bits per heavy atom. The van der Waals surface area contributed by atoms with Crippen LogP contribution in [-0.4, -0.2) is 9.91 Å². The van der Waals surface area contributed by atoms with E-state index in [1.165, 1.54) is 6.07 Å². The zero-order chi connectivity index (χ0) is 12.3. The van der Waals surface area contributed by atoms with Crippen molar-refractivity contribution in [3.05, 3.63) is 33.1 Å². The summed E-state index contributed by atoms with van der Waals surface area (Å²) in [5.74, 6) is 0. The fourth-order valence-electron chi connectivity index (χ4n) is 1.13. The first-order valence-electron chi connectivity index (χ1n) is 4.07. The molecule has 8 heteroatoms. The molecule has 0 amide bonds. The third kappa shape index (κ3) is 2.09. The van der Waals surface area contributed by atoms with Crippen LogP contribution in [0.15, 0.2) is 6.07 Å². The standard InChI is InChI=1S/C8H6F2N4O2/c9-8(10)7-4(2-11)1-6(14(15)16)5(3-12)13-7/h1,8H,2,11H2. The Balaban J connectivity index is 3.48. The Bertz CT molecular complexity index is 470. The molecule has 16 heavy (non-hydrogen) atoms. The highest BCUT2D eigenvalue weighted by molar-refractivity contribution is 5.47. The van der Waals surface area contributed by atoms with E-state index < -0.39 is 28.4 Å². The van der Waals surface area contributed by atoms with Crippen LogP contribution in [0.25, 0.3) is 0 Å². The van der Waals surface area contributed by atoms with Gasteiger partial charge in [-0.05, 0) is 5.56 Å².